The molecule has 0 aliphatic carbocycles. The second kappa shape index (κ2) is 7.12. The van der Waals surface area contributed by atoms with Gasteiger partial charge in [-0.3, -0.25) is 14.5 Å². The monoisotopic (exact) mass is 326 g/mol. The van der Waals surface area contributed by atoms with Gasteiger partial charge in [-0.1, -0.05) is 6.07 Å². The molecule has 6 heteroatoms. The third-order valence-corrected chi connectivity index (χ3v) is 3.96. The molecule has 1 aliphatic rings. The van der Waals surface area contributed by atoms with Gasteiger partial charge in [-0.25, -0.2) is 4.98 Å². The van der Waals surface area contributed by atoms with E-state index in [2.05, 4.69) is 9.88 Å². The number of benzene rings is 1. The van der Waals surface area contributed by atoms with Gasteiger partial charge in [-0.2, -0.15) is 0 Å². The van der Waals surface area contributed by atoms with Crippen LogP contribution in [0.15, 0.2) is 48.7 Å². The Balaban J connectivity index is 1.60. The normalized spacial score (nSPS) is 14.4. The summed E-state index contributed by atoms with van der Waals surface area (Å²) >= 11 is 0. The molecule has 1 fully saturated rings. The number of pyridine rings is 1. The molecule has 0 radical (unpaired) electrons. The molecule has 2 aromatic rings. The molecule has 1 saturated heterocycles. The molecular formula is C18H20N3O3+. The number of nitrogens with one attached hydrogen (secondary N) is 1. The Bertz CT molecular complexity index is 708. The second-order valence-electron chi connectivity index (χ2n) is 5.65. The van der Waals surface area contributed by atoms with E-state index in [-0.39, 0.29) is 11.9 Å². The van der Waals surface area contributed by atoms with Gasteiger partial charge in [0, 0.05) is 18.6 Å². The van der Waals surface area contributed by atoms with Crippen molar-refractivity contribution in [2.45, 2.75) is 6.92 Å². The number of aromatic nitrogens is 1. The van der Waals surface area contributed by atoms with Crippen LogP contribution in [0.2, 0.25) is 0 Å². The third-order valence-electron chi connectivity index (χ3n) is 3.96. The molecule has 1 amide bonds. The van der Waals surface area contributed by atoms with Crippen molar-refractivity contribution < 1.29 is 19.3 Å². The SMILES string of the molecule is CC(=O)Oc1ccc(C(=O)N2CCN(c3cccc[nH+]3)CC2)cc1. The van der Waals surface area contributed by atoms with Gasteiger partial charge in [0.05, 0.1) is 19.3 Å². The zero-order valence-corrected chi connectivity index (χ0v) is 13.6. The molecule has 0 saturated carbocycles. The quantitative estimate of drug-likeness (QED) is 0.631. The molecule has 0 unspecified atom stereocenters. The standard InChI is InChI=1S/C18H19N3O3/c1-14(22)24-16-7-5-15(6-8-16)18(23)21-12-10-20(11-13-21)17-4-2-3-9-19-17/h2-9H,10-13H2,1H3/p+1. The van der Waals surface area contributed by atoms with Crippen molar-refractivity contribution in [2.24, 2.45) is 0 Å². The number of carbonyl (C=O) groups is 2. The molecule has 6 nitrogen and oxygen atoms in total. The van der Waals surface area contributed by atoms with Crippen molar-refractivity contribution in [2.75, 3.05) is 31.1 Å². The minimum absolute atomic E-state index is 0.000987. The smallest absolute Gasteiger partial charge is 0.308 e. The Morgan fingerprint density at radius 2 is 1.71 bits per heavy atom. The Hall–Kier alpha value is -2.89. The average Bonchev–Trinajstić information content (AvgIpc) is 2.62. The largest absolute Gasteiger partial charge is 0.427 e. The summed E-state index contributed by atoms with van der Waals surface area (Å²) in [7, 11) is 0. The van der Waals surface area contributed by atoms with E-state index in [9.17, 15) is 9.59 Å². The fourth-order valence-electron chi connectivity index (χ4n) is 2.75. The lowest BCUT2D eigenvalue weighted by atomic mass is 10.1. The van der Waals surface area contributed by atoms with Crippen molar-refractivity contribution in [3.63, 3.8) is 0 Å². The van der Waals surface area contributed by atoms with Gasteiger partial charge in [0.1, 0.15) is 18.8 Å². The van der Waals surface area contributed by atoms with E-state index in [0.717, 1.165) is 18.9 Å². The van der Waals surface area contributed by atoms with E-state index in [4.69, 9.17) is 4.74 Å². The van der Waals surface area contributed by atoms with Crippen LogP contribution in [0.25, 0.3) is 0 Å². The summed E-state index contributed by atoms with van der Waals surface area (Å²) in [6.45, 7) is 4.28. The van der Waals surface area contributed by atoms with Crippen LogP contribution in [0.3, 0.4) is 0 Å². The van der Waals surface area contributed by atoms with Gasteiger partial charge in [0.15, 0.2) is 0 Å². The van der Waals surface area contributed by atoms with Crippen LogP contribution >= 0.6 is 0 Å². The highest BCUT2D eigenvalue weighted by atomic mass is 16.5. The van der Waals surface area contributed by atoms with E-state index in [1.54, 1.807) is 24.3 Å². The lowest BCUT2D eigenvalue weighted by molar-refractivity contribution is -0.364. The number of rotatable bonds is 3. The maximum Gasteiger partial charge on any atom is 0.308 e. The van der Waals surface area contributed by atoms with Crippen LogP contribution in [-0.2, 0) is 4.79 Å². The van der Waals surface area contributed by atoms with Crippen LogP contribution in [0, 0.1) is 0 Å². The zero-order chi connectivity index (χ0) is 16.9. The highest BCUT2D eigenvalue weighted by Gasteiger charge is 2.26. The Morgan fingerprint density at radius 1 is 1.00 bits per heavy atom. The summed E-state index contributed by atoms with van der Waals surface area (Å²) in [4.78, 5) is 30.8. The summed E-state index contributed by atoms with van der Waals surface area (Å²) in [6.07, 6.45) is 1.90. The molecule has 0 spiro atoms. The first-order chi connectivity index (χ1) is 11.6. The van der Waals surface area contributed by atoms with E-state index < -0.39 is 0 Å². The van der Waals surface area contributed by atoms with E-state index in [1.807, 2.05) is 29.3 Å². The molecule has 2 heterocycles. The molecule has 3 rings (SSSR count). The number of carbonyl (C=O) groups excluding carboxylic acids is 2. The third kappa shape index (κ3) is 3.71. The molecule has 1 aliphatic heterocycles. The second-order valence-corrected chi connectivity index (χ2v) is 5.65. The van der Waals surface area contributed by atoms with Crippen molar-refractivity contribution in [1.29, 1.82) is 0 Å². The van der Waals surface area contributed by atoms with Gasteiger partial charge in [-0.15, -0.1) is 0 Å². The van der Waals surface area contributed by atoms with Crippen molar-refractivity contribution >= 4 is 17.7 Å². The average molecular weight is 326 g/mol. The van der Waals surface area contributed by atoms with E-state index >= 15 is 0 Å². The maximum atomic E-state index is 12.6. The molecule has 0 atom stereocenters. The molecular weight excluding hydrogens is 306 g/mol. The lowest BCUT2D eigenvalue weighted by Gasteiger charge is -2.31. The van der Waals surface area contributed by atoms with Gasteiger partial charge in [0.2, 0.25) is 0 Å². The Morgan fingerprint density at radius 3 is 2.29 bits per heavy atom. The number of esters is 1. The molecule has 24 heavy (non-hydrogen) atoms. The van der Waals surface area contributed by atoms with Gasteiger partial charge in [-0.05, 0) is 30.3 Å². The van der Waals surface area contributed by atoms with E-state index in [1.165, 1.54) is 6.92 Å². The highest BCUT2D eigenvalue weighted by molar-refractivity contribution is 5.94. The minimum atomic E-state index is -0.372. The predicted octanol–water partition coefficient (Wildman–Crippen LogP) is 1.39. The van der Waals surface area contributed by atoms with Gasteiger partial charge >= 0.3 is 5.97 Å². The molecule has 1 aromatic heterocycles. The van der Waals surface area contributed by atoms with Crippen LogP contribution in [0.4, 0.5) is 5.82 Å². The van der Waals surface area contributed by atoms with Crippen LogP contribution in [-0.4, -0.2) is 43.0 Å². The maximum absolute atomic E-state index is 12.6. The minimum Gasteiger partial charge on any atom is -0.427 e. The number of ether oxygens (including phenoxy) is 1. The summed E-state index contributed by atoms with van der Waals surface area (Å²) in [5.41, 5.74) is 0.602. The molecule has 0 bridgehead atoms. The molecule has 124 valence electrons. The predicted molar refractivity (Wildman–Crippen MR) is 88.9 cm³/mol. The molecule has 1 aromatic carbocycles. The fourth-order valence-corrected chi connectivity index (χ4v) is 2.75. The number of hydrogen-bond acceptors (Lipinski definition) is 4. The van der Waals surface area contributed by atoms with Gasteiger partial charge in [0.25, 0.3) is 11.7 Å². The number of hydrogen-bond donors (Lipinski definition) is 0. The Labute approximate surface area is 140 Å². The molecule has 1 N–H and O–H groups in total. The summed E-state index contributed by atoms with van der Waals surface area (Å²) in [6, 6.07) is 12.6. The lowest BCUT2D eigenvalue weighted by Crippen LogP contribution is -2.50. The summed E-state index contributed by atoms with van der Waals surface area (Å²) in [5, 5.41) is 0. The number of nitrogens with zero attached hydrogens (tertiary/aromatic N) is 2. The number of amides is 1. The summed E-state index contributed by atoms with van der Waals surface area (Å²) < 4.78 is 4.98. The van der Waals surface area contributed by atoms with Crippen LogP contribution < -0.4 is 14.6 Å². The number of aromatic amines is 1. The van der Waals surface area contributed by atoms with E-state index in [0.29, 0.717) is 24.4 Å². The van der Waals surface area contributed by atoms with Gasteiger partial charge < -0.3 is 9.64 Å². The van der Waals surface area contributed by atoms with Crippen LogP contribution in [0.1, 0.15) is 17.3 Å². The number of anilines is 1. The number of piperazine rings is 1. The topological polar surface area (TPSA) is 64.0 Å². The summed E-state index contributed by atoms with van der Waals surface area (Å²) in [5.74, 6) is 1.14. The van der Waals surface area contributed by atoms with Crippen molar-refractivity contribution in [3.05, 3.63) is 54.2 Å². The first-order valence-corrected chi connectivity index (χ1v) is 7.93. The fraction of sp³-hybridized carbons (Fsp3) is 0.278. The van der Waals surface area contributed by atoms with Crippen molar-refractivity contribution in [1.82, 2.24) is 4.90 Å². The first-order valence-electron chi connectivity index (χ1n) is 7.93. The zero-order valence-electron chi connectivity index (χ0n) is 13.6. The van der Waals surface area contributed by atoms with Crippen molar-refractivity contribution in [3.8, 4) is 5.75 Å². The number of H-pyrrole nitrogens is 1. The highest BCUT2D eigenvalue weighted by Crippen LogP contribution is 2.16. The van der Waals surface area contributed by atoms with Crippen LogP contribution in [0.5, 0.6) is 5.75 Å². The Kier molecular flexibility index (Phi) is 4.74. The first kappa shape index (κ1) is 16.0.